The highest BCUT2D eigenvalue weighted by atomic mass is 15.2. The van der Waals surface area contributed by atoms with Crippen molar-refractivity contribution in [2.75, 3.05) is 19.6 Å². The SMILES string of the molecule is CCC1(CC)CCN(CC(C)C#N)C1. The lowest BCUT2D eigenvalue weighted by molar-refractivity contribution is 0.232. The second kappa shape index (κ2) is 4.79. The summed E-state index contributed by atoms with van der Waals surface area (Å²) >= 11 is 0. The Balaban J connectivity index is 2.44. The average Bonchev–Trinajstić information content (AvgIpc) is 2.62. The van der Waals surface area contributed by atoms with Gasteiger partial charge in [0.15, 0.2) is 0 Å². The van der Waals surface area contributed by atoms with Crippen molar-refractivity contribution in [1.29, 1.82) is 5.26 Å². The van der Waals surface area contributed by atoms with Crippen molar-refractivity contribution < 1.29 is 0 Å². The number of hydrogen-bond acceptors (Lipinski definition) is 2. The van der Waals surface area contributed by atoms with Gasteiger partial charge in [0.1, 0.15) is 0 Å². The fourth-order valence-corrected chi connectivity index (χ4v) is 2.44. The van der Waals surface area contributed by atoms with Gasteiger partial charge in [-0.2, -0.15) is 5.26 Å². The first-order valence-corrected chi connectivity index (χ1v) is 5.77. The smallest absolute Gasteiger partial charge is 0.0666 e. The molecule has 2 nitrogen and oxygen atoms in total. The summed E-state index contributed by atoms with van der Waals surface area (Å²) in [5.74, 6) is 0.180. The van der Waals surface area contributed by atoms with Gasteiger partial charge >= 0.3 is 0 Å². The lowest BCUT2D eigenvalue weighted by Crippen LogP contribution is -2.29. The van der Waals surface area contributed by atoms with E-state index in [1.54, 1.807) is 0 Å². The maximum absolute atomic E-state index is 8.76. The first kappa shape index (κ1) is 11.5. The molecular formula is C12H22N2. The van der Waals surface area contributed by atoms with E-state index in [0.29, 0.717) is 5.41 Å². The summed E-state index contributed by atoms with van der Waals surface area (Å²) in [5.41, 5.74) is 0.551. The standard InChI is InChI=1S/C12H22N2/c1-4-12(5-2)6-7-14(10-12)9-11(3)8-13/h11H,4-7,9-10H2,1-3H3. The molecule has 0 N–H and O–H groups in total. The lowest BCUT2D eigenvalue weighted by atomic mass is 9.82. The highest BCUT2D eigenvalue weighted by molar-refractivity contribution is 4.90. The van der Waals surface area contributed by atoms with Gasteiger partial charge in [0, 0.05) is 13.1 Å². The van der Waals surface area contributed by atoms with Crippen LogP contribution < -0.4 is 0 Å². The Morgan fingerprint density at radius 1 is 1.43 bits per heavy atom. The maximum Gasteiger partial charge on any atom is 0.0666 e. The Kier molecular flexibility index (Phi) is 3.95. The Bertz CT molecular complexity index is 213. The Labute approximate surface area is 87.9 Å². The minimum atomic E-state index is 0.180. The molecule has 0 aromatic heterocycles. The van der Waals surface area contributed by atoms with Gasteiger partial charge < -0.3 is 4.90 Å². The zero-order chi connectivity index (χ0) is 10.6. The first-order valence-electron chi connectivity index (χ1n) is 5.77. The number of hydrogen-bond donors (Lipinski definition) is 0. The summed E-state index contributed by atoms with van der Waals surface area (Å²) in [6, 6.07) is 2.31. The molecule has 0 amide bonds. The molecule has 1 aliphatic rings. The van der Waals surface area contributed by atoms with E-state index in [1.165, 1.54) is 32.4 Å². The molecule has 14 heavy (non-hydrogen) atoms. The van der Waals surface area contributed by atoms with Gasteiger partial charge in [-0.3, -0.25) is 0 Å². The van der Waals surface area contributed by atoms with E-state index in [1.807, 2.05) is 6.92 Å². The molecule has 0 radical (unpaired) electrons. The van der Waals surface area contributed by atoms with Crippen LogP contribution in [0.2, 0.25) is 0 Å². The lowest BCUT2D eigenvalue weighted by Gasteiger charge is -2.26. The first-order chi connectivity index (χ1) is 6.65. The van der Waals surface area contributed by atoms with Gasteiger partial charge in [-0.1, -0.05) is 13.8 Å². The molecule has 0 aromatic carbocycles. The van der Waals surface area contributed by atoms with Gasteiger partial charge in [0.25, 0.3) is 0 Å². The topological polar surface area (TPSA) is 27.0 Å². The van der Waals surface area contributed by atoms with Crippen LogP contribution in [0, 0.1) is 22.7 Å². The molecule has 0 bridgehead atoms. The summed E-state index contributed by atoms with van der Waals surface area (Å²) in [6.07, 6.45) is 3.88. The molecule has 1 rings (SSSR count). The van der Waals surface area contributed by atoms with Crippen LogP contribution >= 0.6 is 0 Å². The Hall–Kier alpha value is -0.550. The van der Waals surface area contributed by atoms with Gasteiger partial charge in [0.2, 0.25) is 0 Å². The zero-order valence-corrected chi connectivity index (χ0v) is 9.71. The zero-order valence-electron chi connectivity index (χ0n) is 9.71. The largest absolute Gasteiger partial charge is 0.301 e. The van der Waals surface area contributed by atoms with Crippen LogP contribution in [0.5, 0.6) is 0 Å². The van der Waals surface area contributed by atoms with Crippen molar-refractivity contribution in [2.45, 2.75) is 40.0 Å². The number of nitrogens with zero attached hydrogens (tertiary/aromatic N) is 2. The number of rotatable bonds is 4. The molecule has 2 heteroatoms. The van der Waals surface area contributed by atoms with E-state index < -0.39 is 0 Å². The van der Waals surface area contributed by atoms with E-state index in [4.69, 9.17) is 5.26 Å². The fraction of sp³-hybridized carbons (Fsp3) is 0.917. The summed E-state index contributed by atoms with van der Waals surface area (Å²) < 4.78 is 0. The summed E-state index contributed by atoms with van der Waals surface area (Å²) in [4.78, 5) is 2.46. The number of likely N-dealkylation sites (tertiary alicyclic amines) is 1. The minimum absolute atomic E-state index is 0.180. The Morgan fingerprint density at radius 3 is 2.50 bits per heavy atom. The monoisotopic (exact) mass is 194 g/mol. The van der Waals surface area contributed by atoms with Crippen LogP contribution in [0.25, 0.3) is 0 Å². The fourth-order valence-electron chi connectivity index (χ4n) is 2.44. The van der Waals surface area contributed by atoms with Crippen LogP contribution in [0.15, 0.2) is 0 Å². The normalized spacial score (nSPS) is 23.3. The van der Waals surface area contributed by atoms with E-state index in [-0.39, 0.29) is 5.92 Å². The van der Waals surface area contributed by atoms with Crippen LogP contribution in [0.3, 0.4) is 0 Å². The van der Waals surface area contributed by atoms with Gasteiger partial charge in [-0.05, 0) is 38.1 Å². The molecule has 0 aromatic rings. The molecular weight excluding hydrogens is 172 g/mol. The maximum atomic E-state index is 8.76. The molecule has 1 atom stereocenters. The van der Waals surface area contributed by atoms with E-state index in [9.17, 15) is 0 Å². The molecule has 80 valence electrons. The molecule has 0 spiro atoms. The second-order valence-electron chi connectivity index (χ2n) is 4.72. The molecule has 1 aliphatic heterocycles. The predicted molar refractivity (Wildman–Crippen MR) is 58.8 cm³/mol. The molecule has 0 aliphatic carbocycles. The van der Waals surface area contributed by atoms with Crippen LogP contribution in [0.1, 0.15) is 40.0 Å². The third kappa shape index (κ3) is 2.48. The molecule has 1 saturated heterocycles. The van der Waals surface area contributed by atoms with Crippen LogP contribution in [-0.2, 0) is 0 Å². The van der Waals surface area contributed by atoms with Crippen molar-refractivity contribution in [3.05, 3.63) is 0 Å². The molecule has 1 heterocycles. The number of nitriles is 1. The van der Waals surface area contributed by atoms with Crippen molar-refractivity contribution in [1.82, 2.24) is 4.90 Å². The average molecular weight is 194 g/mol. The van der Waals surface area contributed by atoms with Crippen molar-refractivity contribution in [3.63, 3.8) is 0 Å². The van der Waals surface area contributed by atoms with Crippen molar-refractivity contribution >= 4 is 0 Å². The third-order valence-electron chi connectivity index (χ3n) is 3.77. The molecule has 1 unspecified atom stereocenters. The predicted octanol–water partition coefficient (Wildman–Crippen LogP) is 2.66. The molecule has 0 saturated carbocycles. The third-order valence-corrected chi connectivity index (χ3v) is 3.77. The second-order valence-corrected chi connectivity index (χ2v) is 4.72. The van der Waals surface area contributed by atoms with Gasteiger partial charge in [-0.15, -0.1) is 0 Å². The van der Waals surface area contributed by atoms with Crippen LogP contribution in [-0.4, -0.2) is 24.5 Å². The minimum Gasteiger partial charge on any atom is -0.301 e. The van der Waals surface area contributed by atoms with Crippen molar-refractivity contribution in [3.8, 4) is 6.07 Å². The van der Waals surface area contributed by atoms with Crippen molar-refractivity contribution in [2.24, 2.45) is 11.3 Å². The molecule has 1 fully saturated rings. The van der Waals surface area contributed by atoms with E-state index in [0.717, 1.165) is 6.54 Å². The Morgan fingerprint density at radius 2 is 2.07 bits per heavy atom. The summed E-state index contributed by atoms with van der Waals surface area (Å²) in [6.45, 7) is 9.94. The van der Waals surface area contributed by atoms with E-state index in [2.05, 4.69) is 24.8 Å². The highest BCUT2D eigenvalue weighted by Crippen LogP contribution is 2.36. The summed E-state index contributed by atoms with van der Waals surface area (Å²) in [7, 11) is 0. The van der Waals surface area contributed by atoms with Gasteiger partial charge in [0.05, 0.1) is 12.0 Å². The summed E-state index contributed by atoms with van der Waals surface area (Å²) in [5, 5.41) is 8.76. The highest BCUT2D eigenvalue weighted by Gasteiger charge is 2.34. The van der Waals surface area contributed by atoms with Gasteiger partial charge in [-0.25, -0.2) is 0 Å². The quantitative estimate of drug-likeness (QED) is 0.688. The van der Waals surface area contributed by atoms with E-state index >= 15 is 0 Å². The van der Waals surface area contributed by atoms with Crippen LogP contribution in [0.4, 0.5) is 0 Å².